The lowest BCUT2D eigenvalue weighted by atomic mass is 9.98. The molecule has 0 aliphatic heterocycles. The van der Waals surface area contributed by atoms with Crippen LogP contribution in [0.25, 0.3) is 0 Å². The van der Waals surface area contributed by atoms with Crippen LogP contribution in [0.2, 0.25) is 0 Å². The van der Waals surface area contributed by atoms with Crippen LogP contribution in [0.5, 0.6) is 5.75 Å². The van der Waals surface area contributed by atoms with Gasteiger partial charge in [-0.2, -0.15) is 11.3 Å². The van der Waals surface area contributed by atoms with E-state index in [1.807, 2.05) is 72.3 Å². The lowest BCUT2D eigenvalue weighted by Crippen LogP contribution is -2.30. The molecule has 0 spiro atoms. The molecule has 156 valence electrons. The van der Waals surface area contributed by atoms with Crippen molar-refractivity contribution in [3.63, 3.8) is 0 Å². The fraction of sp³-hybridized carbons (Fsp3) is 0.250. The smallest absolute Gasteiger partial charge is 0.252 e. The normalized spacial score (nSPS) is 11.5. The van der Waals surface area contributed by atoms with Crippen LogP contribution in [-0.4, -0.2) is 25.0 Å². The summed E-state index contributed by atoms with van der Waals surface area (Å²) in [5.41, 5.74) is 2.66. The number of ether oxygens (including phenoxy) is 1. The van der Waals surface area contributed by atoms with E-state index in [9.17, 15) is 9.59 Å². The number of thiophene rings is 1. The molecule has 0 fully saturated rings. The van der Waals surface area contributed by atoms with Crippen LogP contribution >= 0.6 is 11.3 Å². The first kappa shape index (κ1) is 21.6. The van der Waals surface area contributed by atoms with E-state index in [0.717, 1.165) is 16.9 Å². The molecular weight excluding hydrogens is 396 g/mol. The molecule has 1 atom stereocenters. The number of amides is 2. The Morgan fingerprint density at radius 2 is 1.73 bits per heavy atom. The van der Waals surface area contributed by atoms with Gasteiger partial charge in [0.2, 0.25) is 5.91 Å². The average Bonchev–Trinajstić information content (AvgIpc) is 3.32. The molecule has 0 bridgehead atoms. The summed E-state index contributed by atoms with van der Waals surface area (Å²) in [7, 11) is 0. The van der Waals surface area contributed by atoms with Gasteiger partial charge >= 0.3 is 0 Å². The maximum absolute atomic E-state index is 12.6. The van der Waals surface area contributed by atoms with E-state index in [2.05, 4.69) is 10.6 Å². The van der Waals surface area contributed by atoms with Crippen molar-refractivity contribution in [2.24, 2.45) is 0 Å². The minimum atomic E-state index is -0.241. The topological polar surface area (TPSA) is 67.4 Å². The minimum Gasteiger partial charge on any atom is -0.494 e. The highest BCUT2D eigenvalue weighted by atomic mass is 32.1. The predicted octanol–water partition coefficient (Wildman–Crippen LogP) is 4.56. The van der Waals surface area contributed by atoms with Crippen molar-refractivity contribution in [1.82, 2.24) is 10.6 Å². The van der Waals surface area contributed by atoms with Gasteiger partial charge in [0, 0.05) is 23.9 Å². The van der Waals surface area contributed by atoms with E-state index < -0.39 is 0 Å². The van der Waals surface area contributed by atoms with Gasteiger partial charge in [0.25, 0.3) is 5.91 Å². The fourth-order valence-corrected chi connectivity index (χ4v) is 3.74. The Balaban J connectivity index is 1.57. The molecular formula is C24H26N2O3S. The van der Waals surface area contributed by atoms with Gasteiger partial charge in [0.05, 0.1) is 12.6 Å². The third-order valence-corrected chi connectivity index (χ3v) is 5.30. The van der Waals surface area contributed by atoms with Crippen molar-refractivity contribution in [3.8, 4) is 5.75 Å². The van der Waals surface area contributed by atoms with Gasteiger partial charge in [-0.3, -0.25) is 9.59 Å². The molecule has 5 nitrogen and oxygen atoms in total. The zero-order valence-corrected chi connectivity index (χ0v) is 17.8. The molecule has 3 aromatic rings. The van der Waals surface area contributed by atoms with Crippen molar-refractivity contribution >= 4 is 23.2 Å². The third-order valence-electron chi connectivity index (χ3n) is 4.61. The van der Waals surface area contributed by atoms with Crippen molar-refractivity contribution in [3.05, 3.63) is 88.1 Å². The van der Waals surface area contributed by atoms with E-state index in [0.29, 0.717) is 31.6 Å². The van der Waals surface area contributed by atoms with Crippen LogP contribution in [0.1, 0.15) is 47.3 Å². The van der Waals surface area contributed by atoms with Crippen LogP contribution in [0, 0.1) is 0 Å². The number of hydrogen-bond acceptors (Lipinski definition) is 4. The maximum Gasteiger partial charge on any atom is 0.252 e. The highest BCUT2D eigenvalue weighted by molar-refractivity contribution is 7.08. The van der Waals surface area contributed by atoms with E-state index in [1.54, 1.807) is 6.07 Å². The summed E-state index contributed by atoms with van der Waals surface area (Å²) in [5, 5.41) is 9.65. The molecule has 1 aromatic heterocycles. The largest absolute Gasteiger partial charge is 0.494 e. The second-order valence-electron chi connectivity index (χ2n) is 6.78. The van der Waals surface area contributed by atoms with Crippen LogP contribution in [0.3, 0.4) is 0 Å². The predicted molar refractivity (Wildman–Crippen MR) is 120 cm³/mol. The Bertz CT molecular complexity index is 925. The zero-order chi connectivity index (χ0) is 21.2. The molecule has 30 heavy (non-hydrogen) atoms. The fourth-order valence-electron chi connectivity index (χ4n) is 3.11. The number of benzene rings is 2. The molecule has 3 rings (SSSR count). The summed E-state index contributed by atoms with van der Waals surface area (Å²) in [6.45, 7) is 3.02. The molecule has 0 unspecified atom stereocenters. The molecule has 0 saturated carbocycles. The van der Waals surface area contributed by atoms with Gasteiger partial charge in [-0.1, -0.05) is 42.5 Å². The Kier molecular flexibility index (Phi) is 8.03. The SMILES string of the molecule is CCOc1ccc([C@H](NC(=O)CCCNC(=O)c2ccsc2)c2ccccc2)cc1. The molecule has 2 amide bonds. The summed E-state index contributed by atoms with van der Waals surface area (Å²) in [6.07, 6.45) is 0.913. The van der Waals surface area contributed by atoms with Crippen LogP contribution in [-0.2, 0) is 4.79 Å². The Hall–Kier alpha value is -3.12. The van der Waals surface area contributed by atoms with Gasteiger partial charge in [-0.15, -0.1) is 0 Å². The second kappa shape index (κ2) is 11.2. The van der Waals surface area contributed by atoms with Crippen LogP contribution < -0.4 is 15.4 Å². The summed E-state index contributed by atoms with van der Waals surface area (Å²) in [5.74, 6) is 0.650. The first-order valence-corrected chi connectivity index (χ1v) is 11.0. The highest BCUT2D eigenvalue weighted by Gasteiger charge is 2.17. The van der Waals surface area contributed by atoms with Crippen LogP contribution in [0.4, 0.5) is 0 Å². The summed E-state index contributed by atoms with van der Waals surface area (Å²) in [6, 6.07) is 19.2. The molecule has 0 saturated heterocycles. The molecule has 0 aliphatic carbocycles. The molecule has 1 heterocycles. The van der Waals surface area contributed by atoms with Crippen molar-refractivity contribution < 1.29 is 14.3 Å². The summed E-state index contributed by atoms with van der Waals surface area (Å²) >= 11 is 1.49. The van der Waals surface area contributed by atoms with Gasteiger partial charge in [0.1, 0.15) is 5.75 Å². The Labute approximate surface area is 181 Å². The Morgan fingerprint density at radius 1 is 1.00 bits per heavy atom. The standard InChI is InChI=1S/C24H26N2O3S/c1-2-29-21-12-10-19(11-13-21)23(18-7-4-3-5-8-18)26-22(27)9-6-15-25-24(28)20-14-16-30-17-20/h3-5,7-8,10-14,16-17,23H,2,6,9,15H2,1H3,(H,25,28)(H,26,27)/t23-/m1/s1. The quantitative estimate of drug-likeness (QED) is 0.471. The number of carbonyl (C=O) groups excluding carboxylic acids is 2. The van der Waals surface area contributed by atoms with Crippen molar-refractivity contribution in [2.45, 2.75) is 25.8 Å². The summed E-state index contributed by atoms with van der Waals surface area (Å²) in [4.78, 5) is 24.6. The molecule has 2 N–H and O–H groups in total. The third kappa shape index (κ3) is 6.19. The van der Waals surface area contributed by atoms with Gasteiger partial charge in [-0.25, -0.2) is 0 Å². The van der Waals surface area contributed by atoms with E-state index >= 15 is 0 Å². The zero-order valence-electron chi connectivity index (χ0n) is 17.0. The van der Waals surface area contributed by atoms with Gasteiger partial charge < -0.3 is 15.4 Å². The van der Waals surface area contributed by atoms with Crippen molar-refractivity contribution in [2.75, 3.05) is 13.2 Å². The molecule has 6 heteroatoms. The van der Waals surface area contributed by atoms with Crippen LogP contribution in [0.15, 0.2) is 71.4 Å². The van der Waals surface area contributed by atoms with Crippen molar-refractivity contribution in [1.29, 1.82) is 0 Å². The van der Waals surface area contributed by atoms with E-state index in [-0.39, 0.29) is 17.9 Å². The number of hydrogen-bond donors (Lipinski definition) is 2. The number of carbonyl (C=O) groups is 2. The first-order valence-electron chi connectivity index (χ1n) is 10.0. The Morgan fingerprint density at radius 3 is 2.40 bits per heavy atom. The molecule has 2 aromatic carbocycles. The average molecular weight is 423 g/mol. The lowest BCUT2D eigenvalue weighted by molar-refractivity contribution is -0.121. The molecule has 0 radical (unpaired) electrons. The minimum absolute atomic E-state index is 0.0532. The highest BCUT2D eigenvalue weighted by Crippen LogP contribution is 2.24. The first-order chi connectivity index (χ1) is 14.7. The number of rotatable bonds is 10. The van der Waals surface area contributed by atoms with E-state index in [1.165, 1.54) is 11.3 Å². The second-order valence-corrected chi connectivity index (χ2v) is 7.56. The maximum atomic E-state index is 12.6. The van der Waals surface area contributed by atoms with Gasteiger partial charge in [0.15, 0.2) is 0 Å². The summed E-state index contributed by atoms with van der Waals surface area (Å²) < 4.78 is 5.52. The monoisotopic (exact) mass is 422 g/mol. The molecule has 0 aliphatic rings. The van der Waals surface area contributed by atoms with E-state index in [4.69, 9.17) is 4.74 Å². The number of nitrogens with one attached hydrogen (secondary N) is 2. The lowest BCUT2D eigenvalue weighted by Gasteiger charge is -2.20. The van der Waals surface area contributed by atoms with Gasteiger partial charge in [-0.05, 0) is 48.1 Å².